The zero-order valence-corrected chi connectivity index (χ0v) is 11.3. The van der Waals surface area contributed by atoms with Crippen LogP contribution in [0.3, 0.4) is 0 Å². The number of nitrogens with zero attached hydrogens (tertiary/aromatic N) is 2. The van der Waals surface area contributed by atoms with Crippen LogP contribution in [0.25, 0.3) is 11.5 Å². The second kappa shape index (κ2) is 6.00. The van der Waals surface area contributed by atoms with E-state index in [4.69, 9.17) is 0 Å². The Morgan fingerprint density at radius 2 is 1.77 bits per heavy atom. The quantitative estimate of drug-likeness (QED) is 0.530. The predicted octanol–water partition coefficient (Wildman–Crippen LogP) is 2.51. The Morgan fingerprint density at radius 3 is 2.27 bits per heavy atom. The second-order valence-electron chi connectivity index (χ2n) is 3.90. The lowest BCUT2D eigenvalue weighted by molar-refractivity contribution is 0.0508. The highest BCUT2D eigenvalue weighted by atomic mass is 19.2. The molecule has 2 aromatic rings. The number of hydrogen-bond donors (Lipinski definition) is 1. The second-order valence-corrected chi connectivity index (χ2v) is 3.90. The Balaban J connectivity index is 2.57. The summed E-state index contributed by atoms with van der Waals surface area (Å²) in [5, 5.41) is 5.13. The lowest BCUT2D eigenvalue weighted by Crippen LogP contribution is -2.07. The predicted molar refractivity (Wildman–Crippen MR) is 65.1 cm³/mol. The lowest BCUT2D eigenvalue weighted by atomic mass is 10.1. The van der Waals surface area contributed by atoms with Crippen LogP contribution in [0.2, 0.25) is 0 Å². The lowest BCUT2D eigenvalue weighted by Gasteiger charge is -2.08. The van der Waals surface area contributed by atoms with E-state index in [0.29, 0.717) is 0 Å². The Bertz CT molecular complexity index is 704. The molecule has 10 heteroatoms. The fourth-order valence-electron chi connectivity index (χ4n) is 1.64. The zero-order valence-electron chi connectivity index (χ0n) is 11.3. The van der Waals surface area contributed by atoms with E-state index in [0.717, 1.165) is 7.05 Å². The standard InChI is InChI=1S/C12H9F4N3O3/c1-3-21-12(20)10-18-11(22-19-10)4-5(13)7(15)9(17-2)8(16)6(4)14/h17H,3H2,1-2H3. The van der Waals surface area contributed by atoms with E-state index in [2.05, 4.69) is 19.4 Å². The van der Waals surface area contributed by atoms with Gasteiger partial charge in [0.2, 0.25) is 0 Å². The maximum Gasteiger partial charge on any atom is 0.379 e. The number of benzene rings is 1. The summed E-state index contributed by atoms with van der Waals surface area (Å²) in [6.07, 6.45) is 0. The minimum absolute atomic E-state index is 0.00551. The number of anilines is 1. The molecule has 0 radical (unpaired) electrons. The maximum atomic E-state index is 13.9. The molecule has 1 aromatic carbocycles. The molecule has 0 atom stereocenters. The number of hydrogen-bond acceptors (Lipinski definition) is 6. The third-order valence-corrected chi connectivity index (χ3v) is 2.61. The summed E-state index contributed by atoms with van der Waals surface area (Å²) >= 11 is 0. The van der Waals surface area contributed by atoms with Crippen LogP contribution in [0.4, 0.5) is 23.2 Å². The van der Waals surface area contributed by atoms with Crippen molar-refractivity contribution >= 4 is 11.7 Å². The molecule has 118 valence electrons. The van der Waals surface area contributed by atoms with Gasteiger partial charge in [-0.15, -0.1) is 0 Å². The van der Waals surface area contributed by atoms with Crippen molar-refractivity contribution in [3.63, 3.8) is 0 Å². The SMILES string of the molecule is CCOC(=O)c1noc(-c2c(F)c(F)c(NC)c(F)c2F)n1. The number of nitrogens with one attached hydrogen (secondary N) is 1. The molecule has 0 spiro atoms. The number of halogens is 4. The Kier molecular flexibility index (Phi) is 4.29. The molecule has 22 heavy (non-hydrogen) atoms. The van der Waals surface area contributed by atoms with Crippen LogP contribution in [-0.2, 0) is 4.74 Å². The fraction of sp³-hybridized carbons (Fsp3) is 0.250. The molecular formula is C12H9F4N3O3. The van der Waals surface area contributed by atoms with Gasteiger partial charge < -0.3 is 14.6 Å². The summed E-state index contributed by atoms with van der Waals surface area (Å²) in [4.78, 5) is 14.7. The van der Waals surface area contributed by atoms with Crippen molar-refractivity contribution in [2.24, 2.45) is 0 Å². The first-order chi connectivity index (χ1) is 10.4. The summed E-state index contributed by atoms with van der Waals surface area (Å²) in [5.74, 6) is -9.32. The van der Waals surface area contributed by atoms with Crippen LogP contribution in [0.5, 0.6) is 0 Å². The van der Waals surface area contributed by atoms with Crippen molar-refractivity contribution in [1.29, 1.82) is 0 Å². The molecule has 0 unspecified atom stereocenters. The largest absolute Gasteiger partial charge is 0.460 e. The van der Waals surface area contributed by atoms with Gasteiger partial charge in [0.1, 0.15) is 11.3 Å². The van der Waals surface area contributed by atoms with Gasteiger partial charge in [-0.2, -0.15) is 4.98 Å². The van der Waals surface area contributed by atoms with Crippen molar-refractivity contribution in [2.45, 2.75) is 6.92 Å². The Morgan fingerprint density at radius 1 is 1.18 bits per heavy atom. The highest BCUT2D eigenvalue weighted by Gasteiger charge is 2.30. The van der Waals surface area contributed by atoms with Gasteiger partial charge in [0.05, 0.1) is 6.61 Å². The van der Waals surface area contributed by atoms with Gasteiger partial charge in [0.15, 0.2) is 23.3 Å². The molecule has 1 N–H and O–H groups in total. The smallest absolute Gasteiger partial charge is 0.379 e. The van der Waals surface area contributed by atoms with Crippen LogP contribution < -0.4 is 5.32 Å². The van der Waals surface area contributed by atoms with Crippen molar-refractivity contribution in [3.8, 4) is 11.5 Å². The minimum atomic E-state index is -1.73. The van der Waals surface area contributed by atoms with E-state index in [1.54, 1.807) is 0 Å². The van der Waals surface area contributed by atoms with E-state index in [1.165, 1.54) is 6.92 Å². The molecule has 0 aliphatic rings. The molecule has 0 aliphatic heterocycles. The highest BCUT2D eigenvalue weighted by molar-refractivity contribution is 5.85. The monoisotopic (exact) mass is 319 g/mol. The highest BCUT2D eigenvalue weighted by Crippen LogP contribution is 2.33. The van der Waals surface area contributed by atoms with Gasteiger partial charge in [0.25, 0.3) is 11.7 Å². The number of aromatic nitrogens is 2. The average molecular weight is 319 g/mol. The maximum absolute atomic E-state index is 13.9. The number of carbonyl (C=O) groups excluding carboxylic acids is 1. The van der Waals surface area contributed by atoms with Gasteiger partial charge in [-0.3, -0.25) is 0 Å². The van der Waals surface area contributed by atoms with Gasteiger partial charge in [-0.25, -0.2) is 22.4 Å². The summed E-state index contributed by atoms with van der Waals surface area (Å²) in [5.41, 5.74) is -2.19. The number of esters is 1. The van der Waals surface area contributed by atoms with Gasteiger partial charge in [-0.1, -0.05) is 0 Å². The van der Waals surface area contributed by atoms with Crippen molar-refractivity contribution in [3.05, 3.63) is 29.1 Å². The number of carbonyl (C=O) groups is 1. The van der Waals surface area contributed by atoms with Gasteiger partial charge >= 0.3 is 5.97 Å². The van der Waals surface area contributed by atoms with E-state index in [-0.39, 0.29) is 6.61 Å². The van der Waals surface area contributed by atoms with Gasteiger partial charge in [0, 0.05) is 7.05 Å². The molecule has 1 heterocycles. The first-order valence-corrected chi connectivity index (χ1v) is 5.97. The van der Waals surface area contributed by atoms with Crippen LogP contribution in [-0.4, -0.2) is 29.8 Å². The average Bonchev–Trinajstić information content (AvgIpc) is 2.96. The summed E-state index contributed by atoms with van der Waals surface area (Å²) in [6.45, 7) is 1.52. The topological polar surface area (TPSA) is 77.2 Å². The molecule has 2 rings (SSSR count). The van der Waals surface area contributed by atoms with Crippen LogP contribution in [0.15, 0.2) is 4.52 Å². The summed E-state index contributed by atoms with van der Waals surface area (Å²) < 4.78 is 64.1. The van der Waals surface area contributed by atoms with E-state index in [9.17, 15) is 22.4 Å². The third-order valence-electron chi connectivity index (χ3n) is 2.61. The normalized spacial score (nSPS) is 10.6. The molecule has 0 saturated heterocycles. The Labute approximate surface area is 121 Å². The van der Waals surface area contributed by atoms with Crippen LogP contribution in [0, 0.1) is 23.3 Å². The summed E-state index contributed by atoms with van der Waals surface area (Å²) in [6, 6.07) is 0. The van der Waals surface area contributed by atoms with Crippen molar-refractivity contribution < 1.29 is 31.6 Å². The zero-order chi connectivity index (χ0) is 16.4. The Hall–Kier alpha value is -2.65. The molecule has 0 aliphatic carbocycles. The summed E-state index contributed by atoms with van der Waals surface area (Å²) in [7, 11) is 1.09. The third kappa shape index (κ3) is 2.47. The van der Waals surface area contributed by atoms with Crippen LogP contribution >= 0.6 is 0 Å². The molecule has 1 aromatic heterocycles. The van der Waals surface area contributed by atoms with Crippen molar-refractivity contribution in [1.82, 2.24) is 10.1 Å². The van der Waals surface area contributed by atoms with Crippen molar-refractivity contribution in [2.75, 3.05) is 19.0 Å². The van der Waals surface area contributed by atoms with E-state index in [1.807, 2.05) is 5.32 Å². The molecule has 6 nitrogen and oxygen atoms in total. The molecule has 0 fully saturated rings. The number of ether oxygens (including phenoxy) is 1. The fourth-order valence-corrected chi connectivity index (χ4v) is 1.64. The number of rotatable bonds is 4. The molecule has 0 saturated carbocycles. The molecule has 0 bridgehead atoms. The van der Waals surface area contributed by atoms with E-state index >= 15 is 0 Å². The molecule has 0 amide bonds. The van der Waals surface area contributed by atoms with Crippen LogP contribution in [0.1, 0.15) is 17.5 Å². The molecular weight excluding hydrogens is 310 g/mol. The van der Waals surface area contributed by atoms with Gasteiger partial charge in [-0.05, 0) is 12.1 Å². The first kappa shape index (κ1) is 15.7. The van der Waals surface area contributed by atoms with E-state index < -0.39 is 52.2 Å². The first-order valence-electron chi connectivity index (χ1n) is 5.97. The minimum Gasteiger partial charge on any atom is -0.460 e.